The lowest BCUT2D eigenvalue weighted by molar-refractivity contribution is -0.159. The Hall–Kier alpha value is -3.92. The third-order valence-corrected chi connectivity index (χ3v) is 7.21. The Morgan fingerprint density at radius 1 is 0.800 bits per heavy atom. The number of aliphatic hydroxyl groups excluding tert-OH is 1. The molecule has 0 saturated carbocycles. The van der Waals surface area contributed by atoms with E-state index in [-0.39, 0.29) is 6.42 Å². The van der Waals surface area contributed by atoms with Gasteiger partial charge in [0.05, 0.1) is 6.61 Å². The third-order valence-electron chi connectivity index (χ3n) is 7.21. The van der Waals surface area contributed by atoms with Crippen LogP contribution in [0.15, 0.2) is 54.6 Å². The summed E-state index contributed by atoms with van der Waals surface area (Å²) in [5.74, 6) is -1.91. The fourth-order valence-corrected chi connectivity index (χ4v) is 4.71. The van der Waals surface area contributed by atoms with E-state index >= 15 is 0 Å². The van der Waals surface area contributed by atoms with Crippen LogP contribution in [-0.4, -0.2) is 69.3 Å². The number of ether oxygens (including phenoxy) is 2. The molecule has 0 bridgehead atoms. The lowest BCUT2D eigenvalue weighted by Gasteiger charge is -2.45. The molecule has 2 aromatic carbocycles. The Labute approximate surface area is 267 Å². The number of benzene rings is 2. The van der Waals surface area contributed by atoms with E-state index in [1.165, 1.54) is 4.90 Å². The highest BCUT2D eigenvalue weighted by Crippen LogP contribution is 2.34. The van der Waals surface area contributed by atoms with Gasteiger partial charge >= 0.3 is 12.1 Å². The molecule has 0 radical (unpaired) electrons. The maximum atomic E-state index is 14.5. The van der Waals surface area contributed by atoms with Crippen molar-refractivity contribution < 1.29 is 33.8 Å². The van der Waals surface area contributed by atoms with E-state index in [2.05, 4.69) is 10.6 Å². The van der Waals surface area contributed by atoms with Gasteiger partial charge in [-0.25, -0.2) is 9.59 Å². The molecule has 0 heterocycles. The van der Waals surface area contributed by atoms with Gasteiger partial charge in [0, 0.05) is 12.0 Å². The highest BCUT2D eigenvalue weighted by molar-refractivity contribution is 5.94. The standard InChI is InChI=1S/C35H51N3O7/c1-11-35(9,10)38(30(41)27(22-39)37-32(43)45-34(6,7)8)28(25-20-16-15-17-23(25)2)29(40)36-26(31(42)44-33(3,4)5)21-24-18-13-12-14-19-24/h12-20,26-28,39H,11,21-22H2,1-10H3,(H,36,40)(H,37,43). The minimum Gasteiger partial charge on any atom is -0.458 e. The second kappa shape index (κ2) is 15.4. The number of amides is 3. The second-order valence-electron chi connectivity index (χ2n) is 13.8. The van der Waals surface area contributed by atoms with Gasteiger partial charge in [-0.3, -0.25) is 9.59 Å². The lowest BCUT2D eigenvalue weighted by Crippen LogP contribution is -2.61. The number of nitrogens with zero attached hydrogens (tertiary/aromatic N) is 1. The highest BCUT2D eigenvalue weighted by atomic mass is 16.6. The summed E-state index contributed by atoms with van der Waals surface area (Å²) in [6.07, 6.45) is -0.292. The number of carbonyl (C=O) groups is 4. The molecule has 0 aliphatic rings. The predicted octanol–water partition coefficient (Wildman–Crippen LogP) is 5.01. The van der Waals surface area contributed by atoms with E-state index in [0.29, 0.717) is 12.0 Å². The van der Waals surface area contributed by atoms with Crippen LogP contribution in [0.2, 0.25) is 0 Å². The van der Waals surface area contributed by atoms with Crippen molar-refractivity contribution in [3.8, 4) is 0 Å². The molecule has 3 amide bonds. The molecule has 2 rings (SSSR count). The molecule has 10 heteroatoms. The van der Waals surface area contributed by atoms with Crippen molar-refractivity contribution in [2.75, 3.05) is 6.61 Å². The first kappa shape index (κ1) is 37.3. The van der Waals surface area contributed by atoms with Crippen molar-refractivity contribution in [3.63, 3.8) is 0 Å². The number of rotatable bonds is 12. The Bertz CT molecular complexity index is 1310. The van der Waals surface area contributed by atoms with Crippen molar-refractivity contribution in [2.24, 2.45) is 0 Å². The summed E-state index contributed by atoms with van der Waals surface area (Å²) >= 11 is 0. The number of hydrogen-bond acceptors (Lipinski definition) is 7. The molecule has 3 atom stereocenters. The molecule has 0 spiro atoms. The highest BCUT2D eigenvalue weighted by Gasteiger charge is 2.44. The first-order valence-electron chi connectivity index (χ1n) is 15.4. The zero-order valence-electron chi connectivity index (χ0n) is 28.4. The molecule has 10 nitrogen and oxygen atoms in total. The normalized spacial score (nSPS) is 14.0. The monoisotopic (exact) mass is 625 g/mol. The molecule has 0 aliphatic carbocycles. The molecule has 2 aromatic rings. The van der Waals surface area contributed by atoms with Gasteiger partial charge in [-0.2, -0.15) is 0 Å². The van der Waals surface area contributed by atoms with Crippen LogP contribution in [0.4, 0.5) is 4.79 Å². The number of esters is 1. The Kier molecular flexibility index (Phi) is 12.7. The van der Waals surface area contributed by atoms with Crippen LogP contribution in [0.25, 0.3) is 0 Å². The summed E-state index contributed by atoms with van der Waals surface area (Å²) in [7, 11) is 0. The number of carbonyl (C=O) groups excluding carboxylic acids is 4. The minimum absolute atomic E-state index is 0.159. The maximum Gasteiger partial charge on any atom is 0.408 e. The Morgan fingerprint density at radius 3 is 1.87 bits per heavy atom. The van der Waals surface area contributed by atoms with E-state index in [9.17, 15) is 24.3 Å². The number of aliphatic hydroxyl groups is 1. The molecular weight excluding hydrogens is 574 g/mol. The van der Waals surface area contributed by atoms with Crippen LogP contribution in [0.1, 0.15) is 91.5 Å². The largest absolute Gasteiger partial charge is 0.458 e. The van der Waals surface area contributed by atoms with E-state index in [1.54, 1.807) is 67.5 Å². The smallest absolute Gasteiger partial charge is 0.408 e. The summed E-state index contributed by atoms with van der Waals surface area (Å²) < 4.78 is 11.0. The number of alkyl carbamates (subject to hydrolysis) is 1. The fourth-order valence-electron chi connectivity index (χ4n) is 4.71. The van der Waals surface area contributed by atoms with Crippen LogP contribution in [0.3, 0.4) is 0 Å². The topological polar surface area (TPSA) is 134 Å². The Balaban J connectivity index is 2.66. The molecule has 45 heavy (non-hydrogen) atoms. The molecule has 0 fully saturated rings. The Morgan fingerprint density at radius 2 is 1.36 bits per heavy atom. The SMILES string of the molecule is CCC(C)(C)N(C(=O)C(CO)NC(=O)OC(C)(C)C)C(C(=O)NC(Cc1ccccc1)C(=O)OC(C)(C)C)c1ccccc1C. The quantitative estimate of drug-likeness (QED) is 0.283. The van der Waals surface area contributed by atoms with E-state index in [1.807, 2.05) is 56.3 Å². The van der Waals surface area contributed by atoms with Gasteiger partial charge in [0.1, 0.15) is 29.3 Å². The molecule has 3 unspecified atom stereocenters. The van der Waals surface area contributed by atoms with Gasteiger partial charge in [-0.05, 0) is 85.4 Å². The van der Waals surface area contributed by atoms with E-state index in [0.717, 1.165) is 11.1 Å². The summed E-state index contributed by atoms with van der Waals surface area (Å²) in [5.41, 5.74) is -0.508. The predicted molar refractivity (Wildman–Crippen MR) is 173 cm³/mol. The van der Waals surface area contributed by atoms with Gasteiger partial charge in [0.25, 0.3) is 0 Å². The number of nitrogens with one attached hydrogen (secondary N) is 2. The lowest BCUT2D eigenvalue weighted by atomic mass is 9.90. The minimum atomic E-state index is -1.41. The van der Waals surface area contributed by atoms with Crippen LogP contribution in [0.5, 0.6) is 0 Å². The first-order chi connectivity index (χ1) is 20.8. The van der Waals surface area contributed by atoms with Gasteiger partial charge in [0.2, 0.25) is 11.8 Å². The summed E-state index contributed by atoms with van der Waals surface area (Å²) in [6.45, 7) is 16.9. The first-order valence-corrected chi connectivity index (χ1v) is 15.4. The van der Waals surface area contributed by atoms with E-state index < -0.39 is 65.4 Å². The maximum absolute atomic E-state index is 14.5. The van der Waals surface area contributed by atoms with Crippen LogP contribution in [0, 0.1) is 6.92 Å². The molecule has 0 aromatic heterocycles. The molecule has 3 N–H and O–H groups in total. The van der Waals surface area contributed by atoms with Crippen molar-refractivity contribution in [2.45, 2.75) is 117 Å². The average Bonchev–Trinajstić information content (AvgIpc) is 2.93. The number of aryl methyl sites for hydroxylation is 1. The van der Waals surface area contributed by atoms with Gasteiger partial charge in [-0.15, -0.1) is 0 Å². The fraction of sp³-hybridized carbons (Fsp3) is 0.543. The van der Waals surface area contributed by atoms with Crippen molar-refractivity contribution in [3.05, 3.63) is 71.3 Å². The summed E-state index contributed by atoms with van der Waals surface area (Å²) in [4.78, 5) is 56.4. The summed E-state index contributed by atoms with van der Waals surface area (Å²) in [5, 5.41) is 15.6. The molecule has 248 valence electrons. The summed E-state index contributed by atoms with van der Waals surface area (Å²) in [6, 6.07) is 12.7. The number of hydrogen-bond donors (Lipinski definition) is 3. The second-order valence-corrected chi connectivity index (χ2v) is 13.8. The van der Waals surface area contributed by atoms with Gasteiger partial charge < -0.3 is 30.1 Å². The van der Waals surface area contributed by atoms with Crippen LogP contribution < -0.4 is 10.6 Å². The third kappa shape index (κ3) is 11.2. The van der Waals surface area contributed by atoms with E-state index in [4.69, 9.17) is 9.47 Å². The van der Waals surface area contributed by atoms with Crippen molar-refractivity contribution in [1.29, 1.82) is 0 Å². The molecular formula is C35H51N3O7. The van der Waals surface area contributed by atoms with Gasteiger partial charge in [0.15, 0.2) is 0 Å². The van der Waals surface area contributed by atoms with Crippen molar-refractivity contribution >= 4 is 23.9 Å². The van der Waals surface area contributed by atoms with Crippen LogP contribution >= 0.6 is 0 Å². The van der Waals surface area contributed by atoms with Gasteiger partial charge in [-0.1, -0.05) is 61.5 Å². The zero-order chi connectivity index (χ0) is 34.2. The molecule has 0 saturated heterocycles. The van der Waals surface area contributed by atoms with Crippen LogP contribution in [-0.2, 0) is 30.3 Å². The van der Waals surface area contributed by atoms with Crippen molar-refractivity contribution in [1.82, 2.24) is 15.5 Å². The zero-order valence-corrected chi connectivity index (χ0v) is 28.4. The average molecular weight is 626 g/mol. The molecule has 0 aliphatic heterocycles.